The van der Waals surface area contributed by atoms with Gasteiger partial charge < -0.3 is 20.1 Å². The standard InChI is InChI=1S/C18H28FN3O3/c19-14-9-15(10-20)22(12-14)16(24)11-21-18(13-23)3-1-17(2-4-18)5-7-25-8-6-17/h14-15,21,23H,1-9,11-13H2/t14-,15-/m0/s1. The molecular formula is C18H28FN3O3. The highest BCUT2D eigenvalue weighted by molar-refractivity contribution is 5.79. The number of nitrogens with one attached hydrogen (secondary N) is 1. The molecule has 25 heavy (non-hydrogen) atoms. The van der Waals surface area contributed by atoms with Crippen molar-refractivity contribution in [2.24, 2.45) is 5.41 Å². The minimum atomic E-state index is -1.12. The van der Waals surface area contributed by atoms with Gasteiger partial charge in [-0.2, -0.15) is 5.26 Å². The lowest BCUT2D eigenvalue weighted by Crippen LogP contribution is -2.56. The molecule has 2 heterocycles. The maximum absolute atomic E-state index is 13.5. The highest BCUT2D eigenvalue weighted by atomic mass is 19.1. The number of carbonyl (C=O) groups is 1. The monoisotopic (exact) mass is 353 g/mol. The highest BCUT2D eigenvalue weighted by Gasteiger charge is 2.43. The van der Waals surface area contributed by atoms with E-state index < -0.39 is 17.8 Å². The second kappa shape index (κ2) is 7.56. The second-order valence-electron chi connectivity index (χ2n) is 7.93. The molecule has 0 radical (unpaired) electrons. The number of carbonyl (C=O) groups excluding carboxylic acids is 1. The minimum Gasteiger partial charge on any atom is -0.394 e. The Bertz CT molecular complexity index is 520. The number of halogens is 1. The number of likely N-dealkylation sites (tertiary alicyclic amines) is 1. The third-order valence-electron chi connectivity index (χ3n) is 6.46. The van der Waals surface area contributed by atoms with E-state index in [2.05, 4.69) is 5.32 Å². The molecule has 0 aromatic rings. The van der Waals surface area contributed by atoms with E-state index in [9.17, 15) is 14.3 Å². The third-order valence-corrected chi connectivity index (χ3v) is 6.46. The molecule has 1 saturated carbocycles. The van der Waals surface area contributed by atoms with Crippen molar-refractivity contribution in [3.63, 3.8) is 0 Å². The van der Waals surface area contributed by atoms with Crippen LogP contribution in [0.15, 0.2) is 0 Å². The van der Waals surface area contributed by atoms with Gasteiger partial charge in [-0.1, -0.05) is 0 Å². The first-order valence-corrected chi connectivity index (χ1v) is 9.28. The lowest BCUT2D eigenvalue weighted by Gasteiger charge is -2.48. The molecule has 6 nitrogen and oxygen atoms in total. The Hall–Kier alpha value is -1.23. The minimum absolute atomic E-state index is 0.00598. The molecule has 0 aromatic heterocycles. The van der Waals surface area contributed by atoms with Gasteiger partial charge >= 0.3 is 0 Å². The van der Waals surface area contributed by atoms with Crippen molar-refractivity contribution >= 4 is 5.91 Å². The Morgan fingerprint density at radius 1 is 1.28 bits per heavy atom. The Morgan fingerprint density at radius 2 is 1.96 bits per heavy atom. The van der Waals surface area contributed by atoms with Crippen LogP contribution < -0.4 is 5.32 Å². The maximum atomic E-state index is 13.5. The summed E-state index contributed by atoms with van der Waals surface area (Å²) in [4.78, 5) is 13.7. The Balaban J connectivity index is 1.54. The Morgan fingerprint density at radius 3 is 2.56 bits per heavy atom. The van der Waals surface area contributed by atoms with Crippen LogP contribution in [0.25, 0.3) is 0 Å². The summed E-state index contributed by atoms with van der Waals surface area (Å²) in [7, 11) is 0. The number of aliphatic hydroxyl groups excluding tert-OH is 1. The van der Waals surface area contributed by atoms with Crippen molar-refractivity contribution in [3.8, 4) is 6.07 Å². The molecule has 1 spiro atoms. The number of nitrogens with zero attached hydrogens (tertiary/aromatic N) is 2. The van der Waals surface area contributed by atoms with E-state index >= 15 is 0 Å². The van der Waals surface area contributed by atoms with Crippen LogP contribution in [0.5, 0.6) is 0 Å². The number of hydrogen-bond donors (Lipinski definition) is 2. The van der Waals surface area contributed by atoms with Crippen LogP contribution in [0, 0.1) is 16.7 Å². The number of rotatable bonds is 4. The zero-order valence-corrected chi connectivity index (χ0v) is 14.7. The SMILES string of the molecule is N#C[C@@H]1C[C@H](F)CN1C(=O)CNC1(CO)CCC2(CCOCC2)CC1. The lowest BCUT2D eigenvalue weighted by atomic mass is 9.64. The van der Waals surface area contributed by atoms with Crippen LogP contribution in [-0.4, -0.2) is 66.6 Å². The molecule has 1 aliphatic carbocycles. The zero-order valence-electron chi connectivity index (χ0n) is 14.7. The van der Waals surface area contributed by atoms with Gasteiger partial charge in [-0.25, -0.2) is 4.39 Å². The predicted molar refractivity (Wildman–Crippen MR) is 89.4 cm³/mol. The van der Waals surface area contributed by atoms with E-state index in [0.29, 0.717) is 5.41 Å². The summed E-state index contributed by atoms with van der Waals surface area (Å²) in [6.45, 7) is 1.65. The summed E-state index contributed by atoms with van der Waals surface area (Å²) >= 11 is 0. The first-order chi connectivity index (χ1) is 12.0. The predicted octanol–water partition coefficient (Wildman–Crippen LogP) is 1.14. The smallest absolute Gasteiger partial charge is 0.237 e. The van der Waals surface area contributed by atoms with E-state index in [4.69, 9.17) is 10.00 Å². The number of aliphatic hydroxyl groups is 1. The summed E-state index contributed by atoms with van der Waals surface area (Å²) in [5, 5.41) is 22.2. The molecule has 140 valence electrons. The number of alkyl halides is 1. The summed E-state index contributed by atoms with van der Waals surface area (Å²) in [5.74, 6) is -0.258. The molecular weight excluding hydrogens is 325 g/mol. The van der Waals surface area contributed by atoms with Crippen molar-refractivity contribution in [1.29, 1.82) is 5.26 Å². The van der Waals surface area contributed by atoms with Crippen molar-refractivity contribution in [2.75, 3.05) is 32.9 Å². The van der Waals surface area contributed by atoms with Crippen molar-refractivity contribution in [2.45, 2.75) is 62.7 Å². The first kappa shape index (κ1) is 18.6. The van der Waals surface area contributed by atoms with Crippen molar-refractivity contribution in [1.82, 2.24) is 10.2 Å². The fourth-order valence-electron chi connectivity index (χ4n) is 4.50. The molecule has 0 bridgehead atoms. The molecule has 3 fully saturated rings. The van der Waals surface area contributed by atoms with Crippen molar-refractivity contribution < 1.29 is 19.0 Å². The van der Waals surface area contributed by atoms with E-state index in [-0.39, 0.29) is 32.0 Å². The third kappa shape index (κ3) is 3.97. The average Bonchev–Trinajstić information content (AvgIpc) is 3.03. The van der Waals surface area contributed by atoms with Gasteiger partial charge in [0, 0.05) is 25.2 Å². The molecule has 0 unspecified atom stereocenters. The van der Waals surface area contributed by atoms with Crippen LogP contribution in [0.4, 0.5) is 4.39 Å². The fraction of sp³-hybridized carbons (Fsp3) is 0.889. The molecule has 2 saturated heterocycles. The van der Waals surface area contributed by atoms with Gasteiger partial charge in [0.05, 0.1) is 25.8 Å². The van der Waals surface area contributed by atoms with Crippen LogP contribution in [-0.2, 0) is 9.53 Å². The quantitative estimate of drug-likeness (QED) is 0.792. The summed E-state index contributed by atoms with van der Waals surface area (Å²) in [5.41, 5.74) is -0.124. The zero-order chi connectivity index (χ0) is 17.9. The van der Waals surface area contributed by atoms with Gasteiger partial charge in [0.1, 0.15) is 12.2 Å². The van der Waals surface area contributed by atoms with Gasteiger partial charge in [-0.05, 0) is 43.9 Å². The Labute approximate surface area is 148 Å². The summed E-state index contributed by atoms with van der Waals surface area (Å²) < 4.78 is 19.0. The fourth-order valence-corrected chi connectivity index (χ4v) is 4.50. The summed E-state index contributed by atoms with van der Waals surface area (Å²) in [6.07, 6.45) is 4.81. The van der Waals surface area contributed by atoms with E-state index in [1.807, 2.05) is 6.07 Å². The van der Waals surface area contributed by atoms with Gasteiger partial charge in [-0.3, -0.25) is 4.79 Å². The van der Waals surface area contributed by atoms with Gasteiger partial charge in [0.15, 0.2) is 0 Å². The number of amides is 1. The van der Waals surface area contributed by atoms with Gasteiger partial charge in [-0.15, -0.1) is 0 Å². The average molecular weight is 353 g/mol. The number of nitriles is 1. The molecule has 7 heteroatoms. The number of ether oxygens (including phenoxy) is 1. The van der Waals surface area contributed by atoms with E-state index in [0.717, 1.165) is 51.7 Å². The van der Waals surface area contributed by atoms with E-state index in [1.165, 1.54) is 4.90 Å². The molecule has 1 amide bonds. The van der Waals surface area contributed by atoms with Crippen LogP contribution >= 0.6 is 0 Å². The lowest BCUT2D eigenvalue weighted by molar-refractivity contribution is -0.131. The van der Waals surface area contributed by atoms with Gasteiger partial charge in [0.25, 0.3) is 0 Å². The topological polar surface area (TPSA) is 85.6 Å². The Kier molecular flexibility index (Phi) is 5.62. The summed E-state index contributed by atoms with van der Waals surface area (Å²) in [6, 6.07) is 1.33. The van der Waals surface area contributed by atoms with Crippen molar-refractivity contribution in [3.05, 3.63) is 0 Å². The van der Waals surface area contributed by atoms with Crippen LogP contribution in [0.1, 0.15) is 44.9 Å². The number of hydrogen-bond acceptors (Lipinski definition) is 5. The first-order valence-electron chi connectivity index (χ1n) is 9.28. The molecule has 3 aliphatic rings. The van der Waals surface area contributed by atoms with Gasteiger partial charge in [0.2, 0.25) is 5.91 Å². The van der Waals surface area contributed by atoms with E-state index in [1.54, 1.807) is 0 Å². The van der Waals surface area contributed by atoms with Crippen LogP contribution in [0.3, 0.4) is 0 Å². The largest absolute Gasteiger partial charge is 0.394 e. The normalized spacial score (nSPS) is 31.0. The molecule has 3 rings (SSSR count). The maximum Gasteiger partial charge on any atom is 0.237 e. The molecule has 2 N–H and O–H groups in total. The second-order valence-corrected chi connectivity index (χ2v) is 7.93. The molecule has 0 aromatic carbocycles. The van der Waals surface area contributed by atoms with Crippen LogP contribution in [0.2, 0.25) is 0 Å². The molecule has 2 aliphatic heterocycles. The highest BCUT2D eigenvalue weighted by Crippen LogP contribution is 2.47. The molecule has 2 atom stereocenters.